The monoisotopic (exact) mass is 240 g/mol. The van der Waals surface area contributed by atoms with E-state index in [0.29, 0.717) is 6.61 Å². The predicted molar refractivity (Wildman–Crippen MR) is 64.0 cm³/mol. The Hall–Kier alpha value is -0.750. The summed E-state index contributed by atoms with van der Waals surface area (Å²) >= 11 is 3.43. The number of thiophene rings is 1. The van der Waals surface area contributed by atoms with Gasteiger partial charge in [0.2, 0.25) is 0 Å². The molecule has 0 unspecified atom stereocenters. The summed E-state index contributed by atoms with van der Waals surface area (Å²) in [6, 6.07) is 4.14. The first-order valence-electron chi connectivity index (χ1n) is 4.63. The average molecular weight is 240 g/mol. The third-order valence-electron chi connectivity index (χ3n) is 2.03. The first-order valence-corrected chi connectivity index (χ1v) is 6.32. The van der Waals surface area contributed by atoms with Crippen LogP contribution in [0.4, 0.5) is 0 Å². The van der Waals surface area contributed by atoms with Crippen molar-refractivity contribution in [3.8, 4) is 10.6 Å². The van der Waals surface area contributed by atoms with Crippen molar-refractivity contribution in [1.29, 1.82) is 0 Å². The highest BCUT2D eigenvalue weighted by Gasteiger charge is 2.09. The van der Waals surface area contributed by atoms with Gasteiger partial charge in [-0.25, -0.2) is 10.9 Å². The molecule has 2 N–H and O–H groups in total. The summed E-state index contributed by atoms with van der Waals surface area (Å²) in [5, 5.41) is 3.15. The largest absolute Gasteiger partial charge is 0.304 e. The standard InChI is InChI=1S/C10H12N2OS2/c1-7-10(8-3-2-6-14-8)12-9(15-7)4-5-13-11/h2-3,6H,4-5,11H2,1H3. The normalized spacial score (nSPS) is 10.8. The van der Waals surface area contributed by atoms with Gasteiger partial charge in [0, 0.05) is 11.3 Å². The molecule has 0 fully saturated rings. The number of hydrogen-bond donors (Lipinski definition) is 1. The van der Waals surface area contributed by atoms with E-state index in [1.165, 1.54) is 9.75 Å². The molecular weight excluding hydrogens is 228 g/mol. The highest BCUT2D eigenvalue weighted by molar-refractivity contribution is 7.15. The van der Waals surface area contributed by atoms with Crippen LogP contribution in [0.15, 0.2) is 17.5 Å². The Morgan fingerprint density at radius 1 is 1.53 bits per heavy atom. The summed E-state index contributed by atoms with van der Waals surface area (Å²) < 4.78 is 0. The number of aryl methyl sites for hydroxylation is 1. The molecule has 2 aromatic rings. The van der Waals surface area contributed by atoms with Crippen molar-refractivity contribution < 1.29 is 4.84 Å². The lowest BCUT2D eigenvalue weighted by Crippen LogP contribution is -2.03. The topological polar surface area (TPSA) is 48.1 Å². The molecule has 80 valence electrons. The van der Waals surface area contributed by atoms with Crippen LogP contribution in [-0.4, -0.2) is 11.6 Å². The molecular formula is C10H12N2OS2. The second-order valence-electron chi connectivity index (χ2n) is 3.11. The first kappa shape index (κ1) is 10.8. The third-order valence-corrected chi connectivity index (χ3v) is 3.94. The maximum atomic E-state index is 4.99. The molecule has 2 rings (SSSR count). The molecule has 0 aliphatic rings. The van der Waals surface area contributed by atoms with Crippen molar-refractivity contribution in [1.82, 2.24) is 4.98 Å². The van der Waals surface area contributed by atoms with Crippen molar-refractivity contribution in [3.63, 3.8) is 0 Å². The highest BCUT2D eigenvalue weighted by atomic mass is 32.1. The molecule has 15 heavy (non-hydrogen) atoms. The zero-order chi connectivity index (χ0) is 10.7. The average Bonchev–Trinajstić information content (AvgIpc) is 2.83. The smallest absolute Gasteiger partial charge is 0.0959 e. The van der Waals surface area contributed by atoms with Gasteiger partial charge in [0.05, 0.1) is 22.2 Å². The zero-order valence-electron chi connectivity index (χ0n) is 8.40. The predicted octanol–water partition coefficient (Wildman–Crippen LogP) is 2.61. The van der Waals surface area contributed by atoms with Gasteiger partial charge >= 0.3 is 0 Å². The quantitative estimate of drug-likeness (QED) is 0.836. The molecule has 0 saturated heterocycles. The molecule has 2 heterocycles. The summed E-state index contributed by atoms with van der Waals surface area (Å²) in [7, 11) is 0. The molecule has 0 bridgehead atoms. The van der Waals surface area contributed by atoms with Crippen molar-refractivity contribution in [3.05, 3.63) is 27.4 Å². The van der Waals surface area contributed by atoms with Crippen LogP contribution in [0.5, 0.6) is 0 Å². The molecule has 0 aliphatic carbocycles. The van der Waals surface area contributed by atoms with Crippen LogP contribution in [-0.2, 0) is 11.3 Å². The molecule has 0 spiro atoms. The molecule has 0 aromatic carbocycles. The van der Waals surface area contributed by atoms with E-state index in [0.717, 1.165) is 17.1 Å². The van der Waals surface area contributed by atoms with Gasteiger partial charge in [0.1, 0.15) is 0 Å². The van der Waals surface area contributed by atoms with Crippen molar-refractivity contribution in [2.45, 2.75) is 13.3 Å². The van der Waals surface area contributed by atoms with E-state index in [2.05, 4.69) is 28.2 Å². The number of nitrogens with two attached hydrogens (primary N) is 1. The molecule has 0 amide bonds. The van der Waals surface area contributed by atoms with Gasteiger partial charge in [-0.05, 0) is 18.4 Å². The van der Waals surface area contributed by atoms with Crippen LogP contribution in [0.25, 0.3) is 10.6 Å². The fourth-order valence-corrected chi connectivity index (χ4v) is 3.11. The second-order valence-corrected chi connectivity index (χ2v) is 5.35. The Morgan fingerprint density at radius 2 is 2.40 bits per heavy atom. The maximum Gasteiger partial charge on any atom is 0.0959 e. The van der Waals surface area contributed by atoms with Gasteiger partial charge in [-0.2, -0.15) is 0 Å². The second kappa shape index (κ2) is 4.85. The lowest BCUT2D eigenvalue weighted by atomic mass is 10.3. The summed E-state index contributed by atoms with van der Waals surface area (Å²) in [5.74, 6) is 4.99. The summed E-state index contributed by atoms with van der Waals surface area (Å²) in [4.78, 5) is 11.6. The van der Waals surface area contributed by atoms with Gasteiger partial charge in [-0.3, -0.25) is 0 Å². The molecule has 0 radical (unpaired) electrons. The van der Waals surface area contributed by atoms with E-state index in [4.69, 9.17) is 5.90 Å². The lowest BCUT2D eigenvalue weighted by Gasteiger charge is -1.92. The van der Waals surface area contributed by atoms with Crippen LogP contribution in [0, 0.1) is 6.92 Å². The summed E-state index contributed by atoms with van der Waals surface area (Å²) in [6.45, 7) is 2.62. The summed E-state index contributed by atoms with van der Waals surface area (Å²) in [5.41, 5.74) is 1.10. The van der Waals surface area contributed by atoms with Gasteiger partial charge in [-0.15, -0.1) is 22.7 Å². The molecule has 2 aromatic heterocycles. The number of aromatic nitrogens is 1. The SMILES string of the molecule is Cc1sc(CCON)nc1-c1cccs1. The van der Waals surface area contributed by atoms with E-state index in [-0.39, 0.29) is 0 Å². The van der Waals surface area contributed by atoms with Crippen molar-refractivity contribution >= 4 is 22.7 Å². The zero-order valence-corrected chi connectivity index (χ0v) is 10.0. The van der Waals surface area contributed by atoms with E-state index < -0.39 is 0 Å². The van der Waals surface area contributed by atoms with Gasteiger partial charge in [-0.1, -0.05) is 6.07 Å². The number of thiazole rings is 1. The Kier molecular flexibility index (Phi) is 3.48. The van der Waals surface area contributed by atoms with E-state index in [9.17, 15) is 0 Å². The minimum absolute atomic E-state index is 0.525. The first-order chi connectivity index (χ1) is 7.31. The van der Waals surface area contributed by atoms with E-state index >= 15 is 0 Å². The van der Waals surface area contributed by atoms with Gasteiger partial charge in [0.25, 0.3) is 0 Å². The lowest BCUT2D eigenvalue weighted by molar-refractivity contribution is 0.141. The van der Waals surface area contributed by atoms with Crippen molar-refractivity contribution in [2.75, 3.05) is 6.61 Å². The van der Waals surface area contributed by atoms with Gasteiger partial charge in [0.15, 0.2) is 0 Å². The Balaban J connectivity index is 2.22. The minimum atomic E-state index is 0.525. The van der Waals surface area contributed by atoms with Crippen LogP contribution < -0.4 is 5.90 Å². The molecule has 0 aliphatic heterocycles. The van der Waals surface area contributed by atoms with Crippen LogP contribution in [0.3, 0.4) is 0 Å². The number of rotatable bonds is 4. The Morgan fingerprint density at radius 3 is 3.07 bits per heavy atom. The molecule has 5 heteroatoms. The fourth-order valence-electron chi connectivity index (χ4n) is 1.35. The molecule has 3 nitrogen and oxygen atoms in total. The van der Waals surface area contributed by atoms with Crippen molar-refractivity contribution in [2.24, 2.45) is 5.90 Å². The fraction of sp³-hybridized carbons (Fsp3) is 0.300. The third kappa shape index (κ3) is 2.43. The van der Waals surface area contributed by atoms with Gasteiger partial charge < -0.3 is 4.84 Å². The van der Waals surface area contributed by atoms with E-state index in [1.54, 1.807) is 22.7 Å². The molecule has 0 atom stereocenters. The Bertz CT molecular complexity index is 423. The number of nitrogens with zero attached hydrogens (tertiary/aromatic N) is 1. The number of hydrogen-bond acceptors (Lipinski definition) is 5. The Labute approximate surface area is 96.5 Å². The highest BCUT2D eigenvalue weighted by Crippen LogP contribution is 2.30. The van der Waals surface area contributed by atoms with Crippen LogP contribution in [0.2, 0.25) is 0 Å². The maximum absolute atomic E-state index is 4.99. The minimum Gasteiger partial charge on any atom is -0.304 e. The van der Waals surface area contributed by atoms with E-state index in [1.807, 2.05) is 6.07 Å². The van der Waals surface area contributed by atoms with Crippen LogP contribution >= 0.6 is 22.7 Å². The van der Waals surface area contributed by atoms with Crippen LogP contribution in [0.1, 0.15) is 9.88 Å². The summed E-state index contributed by atoms with van der Waals surface area (Å²) in [6.07, 6.45) is 0.785. The molecule has 0 saturated carbocycles.